The van der Waals surface area contributed by atoms with Crippen LogP contribution in [0.4, 0.5) is 0 Å². The molecule has 12 heavy (non-hydrogen) atoms. The van der Waals surface area contributed by atoms with E-state index in [1.165, 1.54) is 6.42 Å². The van der Waals surface area contributed by atoms with Gasteiger partial charge in [0.2, 0.25) is 5.91 Å². The van der Waals surface area contributed by atoms with Crippen LogP contribution in [-0.4, -0.2) is 18.0 Å². The fourth-order valence-corrected chi connectivity index (χ4v) is 1.54. The van der Waals surface area contributed by atoms with E-state index in [1.807, 2.05) is 13.8 Å². The molecule has 0 aromatic carbocycles. The Morgan fingerprint density at radius 3 is 2.58 bits per heavy atom. The average molecular weight is 170 g/mol. The van der Waals surface area contributed by atoms with Crippen molar-refractivity contribution in [2.24, 2.45) is 11.7 Å². The van der Waals surface area contributed by atoms with Crippen LogP contribution in [0.1, 0.15) is 33.1 Å². The van der Waals surface area contributed by atoms with Crippen LogP contribution in [0.2, 0.25) is 0 Å². The molecular formula is C9H18N2O. The number of likely N-dealkylation sites (N-methyl/N-ethyl adjacent to an activating group) is 1. The lowest BCUT2D eigenvalue weighted by molar-refractivity contribution is -0.128. The molecule has 1 amide bonds. The minimum Gasteiger partial charge on any atom is -0.355 e. The van der Waals surface area contributed by atoms with Crippen LogP contribution < -0.4 is 11.1 Å². The summed E-state index contributed by atoms with van der Waals surface area (Å²) < 4.78 is 0. The van der Waals surface area contributed by atoms with Crippen molar-refractivity contribution in [1.29, 1.82) is 0 Å². The van der Waals surface area contributed by atoms with E-state index in [0.29, 0.717) is 12.5 Å². The van der Waals surface area contributed by atoms with Crippen LogP contribution in [0.5, 0.6) is 0 Å². The molecule has 3 heteroatoms. The van der Waals surface area contributed by atoms with Gasteiger partial charge in [-0.1, -0.05) is 6.42 Å². The second kappa shape index (κ2) is 3.44. The van der Waals surface area contributed by atoms with Crippen LogP contribution in [0.25, 0.3) is 0 Å². The van der Waals surface area contributed by atoms with Crippen molar-refractivity contribution in [2.75, 3.05) is 6.54 Å². The van der Waals surface area contributed by atoms with Gasteiger partial charge in [0.1, 0.15) is 0 Å². The molecule has 1 fully saturated rings. The molecule has 70 valence electrons. The minimum absolute atomic E-state index is 0.00491. The van der Waals surface area contributed by atoms with E-state index in [0.717, 1.165) is 12.8 Å². The predicted octanol–water partition coefficient (Wildman–Crippen LogP) is 0.640. The van der Waals surface area contributed by atoms with Crippen LogP contribution in [0, 0.1) is 5.92 Å². The maximum Gasteiger partial charge on any atom is 0.240 e. The monoisotopic (exact) mass is 170 g/mol. The molecule has 0 aromatic rings. The summed E-state index contributed by atoms with van der Waals surface area (Å²) in [4.78, 5) is 11.5. The van der Waals surface area contributed by atoms with Gasteiger partial charge in [0.05, 0.1) is 5.54 Å². The lowest BCUT2D eigenvalue weighted by atomic mass is 9.72. The van der Waals surface area contributed by atoms with Crippen LogP contribution in [-0.2, 0) is 4.79 Å². The highest BCUT2D eigenvalue weighted by atomic mass is 16.2. The van der Waals surface area contributed by atoms with Crippen molar-refractivity contribution in [1.82, 2.24) is 5.32 Å². The molecule has 0 saturated heterocycles. The average Bonchev–Trinajstić information content (AvgIpc) is 1.82. The fourth-order valence-electron chi connectivity index (χ4n) is 1.54. The minimum atomic E-state index is -0.645. The summed E-state index contributed by atoms with van der Waals surface area (Å²) in [5.41, 5.74) is 5.30. The number of rotatable bonds is 3. The highest BCUT2D eigenvalue weighted by Crippen LogP contribution is 2.34. The lowest BCUT2D eigenvalue weighted by Crippen LogP contribution is -2.58. The zero-order valence-electron chi connectivity index (χ0n) is 7.89. The highest BCUT2D eigenvalue weighted by molar-refractivity contribution is 5.86. The molecular weight excluding hydrogens is 152 g/mol. The van der Waals surface area contributed by atoms with E-state index in [4.69, 9.17) is 5.73 Å². The second-order valence-corrected chi connectivity index (χ2v) is 3.77. The van der Waals surface area contributed by atoms with Crippen molar-refractivity contribution in [3.05, 3.63) is 0 Å². The number of amides is 1. The molecule has 0 radical (unpaired) electrons. The Bertz CT molecular complexity index is 173. The van der Waals surface area contributed by atoms with Crippen molar-refractivity contribution in [2.45, 2.75) is 38.6 Å². The number of hydrogen-bond donors (Lipinski definition) is 2. The molecule has 0 heterocycles. The van der Waals surface area contributed by atoms with Gasteiger partial charge in [0.15, 0.2) is 0 Å². The summed E-state index contributed by atoms with van der Waals surface area (Å²) in [5.74, 6) is 0.388. The van der Waals surface area contributed by atoms with E-state index in [9.17, 15) is 4.79 Å². The number of carbonyl (C=O) groups excluding carboxylic acids is 1. The maximum atomic E-state index is 11.5. The summed E-state index contributed by atoms with van der Waals surface area (Å²) in [6.45, 7) is 4.41. The SMILES string of the molecule is CCNC(=O)[C@@](C)(N)C1CCC1. The number of nitrogens with two attached hydrogens (primary N) is 1. The quantitative estimate of drug-likeness (QED) is 0.653. The second-order valence-electron chi connectivity index (χ2n) is 3.77. The van der Waals surface area contributed by atoms with Gasteiger partial charge in [-0.15, -0.1) is 0 Å². The van der Waals surface area contributed by atoms with Crippen molar-refractivity contribution in [3.63, 3.8) is 0 Å². The molecule has 0 aliphatic heterocycles. The zero-order chi connectivity index (χ0) is 9.19. The van der Waals surface area contributed by atoms with Gasteiger partial charge < -0.3 is 11.1 Å². The third-order valence-corrected chi connectivity index (χ3v) is 2.78. The van der Waals surface area contributed by atoms with E-state index < -0.39 is 5.54 Å². The Morgan fingerprint density at radius 1 is 1.67 bits per heavy atom. The van der Waals surface area contributed by atoms with E-state index >= 15 is 0 Å². The summed E-state index contributed by atoms with van der Waals surface area (Å²) in [5, 5.41) is 2.77. The summed E-state index contributed by atoms with van der Waals surface area (Å²) >= 11 is 0. The van der Waals surface area contributed by atoms with Gasteiger partial charge in [-0.2, -0.15) is 0 Å². The van der Waals surface area contributed by atoms with Crippen molar-refractivity contribution in [3.8, 4) is 0 Å². The normalized spacial score (nSPS) is 22.6. The molecule has 1 atom stereocenters. The van der Waals surface area contributed by atoms with E-state index in [1.54, 1.807) is 0 Å². The maximum absolute atomic E-state index is 11.5. The van der Waals surface area contributed by atoms with Gasteiger partial charge in [0.25, 0.3) is 0 Å². The Labute approximate surface area is 73.7 Å². The van der Waals surface area contributed by atoms with E-state index in [-0.39, 0.29) is 5.91 Å². The highest BCUT2D eigenvalue weighted by Gasteiger charge is 2.40. The largest absolute Gasteiger partial charge is 0.355 e. The van der Waals surface area contributed by atoms with Crippen LogP contribution in [0.3, 0.4) is 0 Å². The molecule has 1 aliphatic carbocycles. The lowest BCUT2D eigenvalue weighted by Gasteiger charge is -2.38. The number of carbonyl (C=O) groups is 1. The molecule has 0 aromatic heterocycles. The van der Waals surface area contributed by atoms with Gasteiger partial charge in [0, 0.05) is 6.54 Å². The Morgan fingerprint density at radius 2 is 2.25 bits per heavy atom. The third-order valence-electron chi connectivity index (χ3n) is 2.78. The summed E-state index contributed by atoms with van der Waals surface area (Å²) in [6, 6.07) is 0. The zero-order valence-corrected chi connectivity index (χ0v) is 7.89. The molecule has 1 aliphatic rings. The predicted molar refractivity (Wildman–Crippen MR) is 48.6 cm³/mol. The third kappa shape index (κ3) is 1.61. The number of hydrogen-bond acceptors (Lipinski definition) is 2. The Hall–Kier alpha value is -0.570. The first-order valence-electron chi connectivity index (χ1n) is 4.66. The van der Waals surface area contributed by atoms with Gasteiger partial charge in [-0.25, -0.2) is 0 Å². The van der Waals surface area contributed by atoms with Crippen molar-refractivity contribution >= 4 is 5.91 Å². The van der Waals surface area contributed by atoms with Crippen LogP contribution in [0.15, 0.2) is 0 Å². The van der Waals surface area contributed by atoms with Crippen LogP contribution >= 0.6 is 0 Å². The molecule has 1 rings (SSSR count). The molecule has 3 nitrogen and oxygen atoms in total. The van der Waals surface area contributed by atoms with Gasteiger partial charge in [-0.05, 0) is 32.6 Å². The first kappa shape index (κ1) is 9.52. The molecule has 1 saturated carbocycles. The fraction of sp³-hybridized carbons (Fsp3) is 0.889. The van der Waals surface area contributed by atoms with Gasteiger partial charge >= 0.3 is 0 Å². The Balaban J connectivity index is 2.50. The molecule has 0 unspecified atom stereocenters. The molecule has 3 N–H and O–H groups in total. The first-order valence-corrected chi connectivity index (χ1v) is 4.66. The van der Waals surface area contributed by atoms with E-state index in [2.05, 4.69) is 5.32 Å². The number of nitrogens with one attached hydrogen (secondary N) is 1. The topological polar surface area (TPSA) is 55.1 Å². The standard InChI is InChI=1S/C9H18N2O/c1-3-11-8(12)9(2,10)7-5-4-6-7/h7H,3-6,10H2,1-2H3,(H,11,12)/t9-/m0/s1. The molecule has 0 spiro atoms. The van der Waals surface area contributed by atoms with Crippen molar-refractivity contribution < 1.29 is 4.79 Å². The smallest absolute Gasteiger partial charge is 0.240 e. The summed E-state index contributed by atoms with van der Waals surface area (Å²) in [6.07, 6.45) is 3.42. The van der Waals surface area contributed by atoms with Gasteiger partial charge in [-0.3, -0.25) is 4.79 Å². The summed E-state index contributed by atoms with van der Waals surface area (Å²) in [7, 11) is 0. The molecule has 0 bridgehead atoms. The first-order chi connectivity index (χ1) is 5.59. The Kier molecular flexibility index (Phi) is 2.73.